The van der Waals surface area contributed by atoms with Gasteiger partial charge in [-0.05, 0) is 55.5 Å². The molecule has 1 heterocycles. The second-order valence-electron chi connectivity index (χ2n) is 7.34. The highest BCUT2D eigenvalue weighted by atomic mass is 35.5. The van der Waals surface area contributed by atoms with Gasteiger partial charge < -0.3 is 15.4 Å². The summed E-state index contributed by atoms with van der Waals surface area (Å²) in [5.41, 5.74) is 3.20. The Morgan fingerprint density at radius 2 is 2.00 bits per heavy atom. The summed E-state index contributed by atoms with van der Waals surface area (Å²) >= 11 is 7.62. The van der Waals surface area contributed by atoms with E-state index < -0.39 is 0 Å². The van der Waals surface area contributed by atoms with E-state index in [2.05, 4.69) is 22.8 Å². The van der Waals surface area contributed by atoms with Crippen LogP contribution in [-0.4, -0.2) is 24.2 Å². The normalized spacial score (nSPS) is 18.3. The Morgan fingerprint density at radius 3 is 2.83 bits per heavy atom. The van der Waals surface area contributed by atoms with Gasteiger partial charge in [0.15, 0.2) is 0 Å². The third kappa shape index (κ3) is 4.50. The van der Waals surface area contributed by atoms with Crippen molar-refractivity contribution in [1.82, 2.24) is 5.32 Å². The minimum absolute atomic E-state index is 0.0581. The van der Waals surface area contributed by atoms with Crippen LogP contribution in [0.15, 0.2) is 53.1 Å². The third-order valence-electron chi connectivity index (χ3n) is 5.32. The molecule has 0 radical (unpaired) electrons. The van der Waals surface area contributed by atoms with Crippen LogP contribution in [0.5, 0.6) is 0 Å². The number of carbonyl (C=O) groups is 2. The number of nitrogens with one attached hydrogen (secondary N) is 2. The van der Waals surface area contributed by atoms with E-state index in [0.717, 1.165) is 30.6 Å². The van der Waals surface area contributed by atoms with E-state index in [0.29, 0.717) is 33.5 Å². The predicted molar refractivity (Wildman–Crippen MR) is 121 cm³/mol. The van der Waals surface area contributed by atoms with Crippen molar-refractivity contribution in [3.05, 3.63) is 74.8 Å². The molecule has 1 aliphatic carbocycles. The molecule has 0 spiro atoms. The highest BCUT2D eigenvalue weighted by molar-refractivity contribution is 8.04. The summed E-state index contributed by atoms with van der Waals surface area (Å²) in [4.78, 5) is 26.4. The molecule has 2 aliphatic rings. The lowest BCUT2D eigenvalue weighted by molar-refractivity contribution is -0.112. The summed E-state index contributed by atoms with van der Waals surface area (Å²) in [5.74, 6) is 0.779. The van der Waals surface area contributed by atoms with Crippen molar-refractivity contribution in [2.45, 2.75) is 32.2 Å². The number of allylic oxidation sites excluding steroid dienone is 1. The first-order valence-corrected chi connectivity index (χ1v) is 11.4. The van der Waals surface area contributed by atoms with Gasteiger partial charge in [0.2, 0.25) is 0 Å². The summed E-state index contributed by atoms with van der Waals surface area (Å²) < 4.78 is 5.48. The monoisotopic (exact) mass is 442 g/mol. The fraction of sp³-hybridized carbons (Fsp3) is 0.304. The molecule has 1 unspecified atom stereocenters. The molecule has 0 saturated heterocycles. The first kappa shape index (κ1) is 20.8. The Morgan fingerprint density at radius 1 is 1.17 bits per heavy atom. The second kappa shape index (κ2) is 9.14. The largest absolute Gasteiger partial charge is 0.496 e. The number of amides is 2. The van der Waals surface area contributed by atoms with Crippen molar-refractivity contribution in [2.75, 3.05) is 17.7 Å². The molecule has 2 aromatic rings. The van der Waals surface area contributed by atoms with Crippen LogP contribution < -0.4 is 10.6 Å². The van der Waals surface area contributed by atoms with Crippen molar-refractivity contribution in [2.24, 2.45) is 0 Å². The standard InChI is InChI=1S/C23H23ClN2O3S/c1-14-21(30-12-11-29-14)23(28)26-20-10-9-16(24)13-18(20)22(27)25-19-8-4-6-15-5-2-3-7-17(15)19/h2-3,5,7,9-10,13,19H,4,6,8,11-12H2,1H3,(H,25,27)(H,26,28). The Bertz CT molecular complexity index is 1020. The minimum Gasteiger partial charge on any atom is -0.496 e. The number of carbonyl (C=O) groups excluding carboxylic acids is 2. The minimum atomic E-state index is -0.281. The van der Waals surface area contributed by atoms with Crippen LogP contribution in [-0.2, 0) is 16.0 Å². The van der Waals surface area contributed by atoms with Crippen molar-refractivity contribution in [1.29, 1.82) is 0 Å². The maximum Gasteiger partial charge on any atom is 0.265 e. The van der Waals surface area contributed by atoms with Crippen LogP contribution >= 0.6 is 23.4 Å². The van der Waals surface area contributed by atoms with Crippen LogP contribution in [0.1, 0.15) is 47.3 Å². The van der Waals surface area contributed by atoms with Gasteiger partial charge in [-0.1, -0.05) is 35.9 Å². The summed E-state index contributed by atoms with van der Waals surface area (Å²) in [7, 11) is 0. The molecule has 0 aromatic heterocycles. The van der Waals surface area contributed by atoms with Crippen molar-refractivity contribution < 1.29 is 14.3 Å². The maximum absolute atomic E-state index is 13.2. The Kier molecular flexibility index (Phi) is 6.35. The molecule has 2 aromatic carbocycles. The van der Waals surface area contributed by atoms with Crippen LogP contribution in [0.4, 0.5) is 5.69 Å². The SMILES string of the molecule is CC1=C(C(=O)Nc2ccc(Cl)cc2C(=O)NC2CCCc3ccccc32)SCCO1. The number of thioether (sulfide) groups is 1. The maximum atomic E-state index is 13.2. The molecular weight excluding hydrogens is 420 g/mol. The summed E-state index contributed by atoms with van der Waals surface area (Å²) in [6.07, 6.45) is 2.92. The molecule has 1 atom stereocenters. The van der Waals surface area contributed by atoms with E-state index in [9.17, 15) is 9.59 Å². The number of hydrogen-bond donors (Lipinski definition) is 2. The number of rotatable bonds is 4. The lowest BCUT2D eigenvalue weighted by atomic mass is 9.87. The molecule has 1 aliphatic heterocycles. The second-order valence-corrected chi connectivity index (χ2v) is 8.88. The highest BCUT2D eigenvalue weighted by Gasteiger charge is 2.25. The van der Waals surface area contributed by atoms with Gasteiger partial charge in [-0.25, -0.2) is 0 Å². The van der Waals surface area contributed by atoms with Crippen LogP contribution in [0.25, 0.3) is 0 Å². The fourth-order valence-corrected chi connectivity index (χ4v) is 4.85. The number of ether oxygens (including phenoxy) is 1. The zero-order chi connectivity index (χ0) is 21.1. The topological polar surface area (TPSA) is 67.4 Å². The first-order chi connectivity index (χ1) is 14.5. The number of benzene rings is 2. The Labute approximate surface area is 185 Å². The average molecular weight is 443 g/mol. The van der Waals surface area contributed by atoms with Gasteiger partial charge in [0, 0.05) is 10.8 Å². The molecule has 7 heteroatoms. The first-order valence-electron chi connectivity index (χ1n) is 9.99. The number of aryl methyl sites for hydroxylation is 1. The number of halogens is 1. The van der Waals surface area contributed by atoms with Gasteiger partial charge in [0.25, 0.3) is 11.8 Å². The molecule has 5 nitrogen and oxygen atoms in total. The van der Waals surface area contributed by atoms with E-state index in [1.165, 1.54) is 17.3 Å². The van der Waals surface area contributed by atoms with Gasteiger partial charge in [0.05, 0.1) is 23.9 Å². The summed E-state index contributed by atoms with van der Waals surface area (Å²) in [6.45, 7) is 2.36. The number of anilines is 1. The zero-order valence-corrected chi connectivity index (χ0v) is 18.2. The van der Waals surface area contributed by atoms with Gasteiger partial charge in [-0.3, -0.25) is 9.59 Å². The van der Waals surface area contributed by atoms with E-state index in [1.807, 2.05) is 12.1 Å². The molecule has 30 heavy (non-hydrogen) atoms. The van der Waals surface area contributed by atoms with Gasteiger partial charge in [-0.2, -0.15) is 0 Å². The lowest BCUT2D eigenvalue weighted by Crippen LogP contribution is -2.32. The molecule has 0 saturated carbocycles. The summed E-state index contributed by atoms with van der Waals surface area (Å²) in [6, 6.07) is 13.0. The van der Waals surface area contributed by atoms with E-state index >= 15 is 0 Å². The number of hydrogen-bond acceptors (Lipinski definition) is 4. The Hall–Kier alpha value is -2.44. The molecule has 4 rings (SSSR count). The van der Waals surface area contributed by atoms with E-state index in [4.69, 9.17) is 16.3 Å². The van der Waals surface area contributed by atoms with Crippen LogP contribution in [0, 0.1) is 0 Å². The lowest BCUT2D eigenvalue weighted by Gasteiger charge is -2.26. The molecular formula is C23H23ClN2O3S. The molecule has 0 bridgehead atoms. The zero-order valence-electron chi connectivity index (χ0n) is 16.7. The van der Waals surface area contributed by atoms with Gasteiger partial charge >= 0.3 is 0 Å². The van der Waals surface area contributed by atoms with Gasteiger partial charge in [0.1, 0.15) is 10.7 Å². The molecule has 2 amide bonds. The molecule has 156 valence electrons. The predicted octanol–water partition coefficient (Wildman–Crippen LogP) is 5.08. The summed E-state index contributed by atoms with van der Waals surface area (Å²) in [5, 5.41) is 6.43. The number of fused-ring (bicyclic) bond motifs is 1. The molecule has 2 N–H and O–H groups in total. The van der Waals surface area contributed by atoms with Crippen LogP contribution in [0.3, 0.4) is 0 Å². The Balaban J connectivity index is 1.56. The highest BCUT2D eigenvalue weighted by Crippen LogP contribution is 2.31. The third-order valence-corrected chi connectivity index (χ3v) is 6.69. The van der Waals surface area contributed by atoms with Crippen molar-refractivity contribution >= 4 is 40.9 Å². The van der Waals surface area contributed by atoms with E-state index in [1.54, 1.807) is 25.1 Å². The quantitative estimate of drug-likeness (QED) is 0.692. The van der Waals surface area contributed by atoms with E-state index in [-0.39, 0.29) is 17.9 Å². The fourth-order valence-electron chi connectivity index (χ4n) is 3.86. The van der Waals surface area contributed by atoms with Crippen molar-refractivity contribution in [3.8, 4) is 0 Å². The van der Waals surface area contributed by atoms with Crippen LogP contribution in [0.2, 0.25) is 5.02 Å². The van der Waals surface area contributed by atoms with Gasteiger partial charge in [-0.15, -0.1) is 11.8 Å². The average Bonchev–Trinajstić information content (AvgIpc) is 2.75. The molecule has 0 fully saturated rings. The smallest absolute Gasteiger partial charge is 0.265 e. The van der Waals surface area contributed by atoms with Crippen molar-refractivity contribution in [3.63, 3.8) is 0 Å².